The van der Waals surface area contributed by atoms with Gasteiger partial charge in [0.1, 0.15) is 30.2 Å². The highest BCUT2D eigenvalue weighted by atomic mass is 16.4. The van der Waals surface area contributed by atoms with E-state index in [0.717, 1.165) is 0 Å². The standard InChI is InChI=1S/C20H34N6O12/c21-4-2-1-3-10(20(37)38)23-17(34)11(5-14(29)30)24-18(35)12(6-15(31)32)25-19(36)13(8-28)26-16(33)9(22)7-27/h9-13,27-28H,1-8,21-22H2,(H,23,34)(H,24,35)(H,25,36)(H,26,33)(H,29,30)(H,31,32)(H,37,38)/t9-,10-,11-,12-,13-/m0/s1. The smallest absolute Gasteiger partial charge is 0.326 e. The lowest BCUT2D eigenvalue weighted by molar-refractivity contribution is -0.145. The number of carbonyl (C=O) groups is 7. The highest BCUT2D eigenvalue weighted by Crippen LogP contribution is 2.04. The predicted molar refractivity (Wildman–Crippen MR) is 125 cm³/mol. The van der Waals surface area contributed by atoms with E-state index in [0.29, 0.717) is 12.8 Å². The lowest BCUT2D eigenvalue weighted by atomic mass is 10.1. The molecule has 18 nitrogen and oxygen atoms in total. The first kappa shape index (κ1) is 34.1. The number of nitrogens with one attached hydrogen (secondary N) is 4. The van der Waals surface area contributed by atoms with Gasteiger partial charge < -0.3 is 58.3 Å². The van der Waals surface area contributed by atoms with Crippen molar-refractivity contribution in [3.63, 3.8) is 0 Å². The molecule has 38 heavy (non-hydrogen) atoms. The third-order valence-corrected chi connectivity index (χ3v) is 4.93. The Hall–Kier alpha value is -3.87. The minimum absolute atomic E-state index is 0.0437. The van der Waals surface area contributed by atoms with Gasteiger partial charge in [0.25, 0.3) is 0 Å². The van der Waals surface area contributed by atoms with Crippen LogP contribution in [-0.2, 0) is 33.6 Å². The van der Waals surface area contributed by atoms with E-state index >= 15 is 0 Å². The van der Waals surface area contributed by atoms with Gasteiger partial charge in [0.2, 0.25) is 23.6 Å². The molecule has 5 atom stereocenters. The fraction of sp³-hybridized carbons (Fsp3) is 0.650. The zero-order chi connectivity index (χ0) is 29.4. The Labute approximate surface area is 216 Å². The molecule has 0 heterocycles. The minimum atomic E-state index is -1.92. The first-order valence-electron chi connectivity index (χ1n) is 11.3. The van der Waals surface area contributed by atoms with Crippen LogP contribution < -0.4 is 32.7 Å². The number of unbranched alkanes of at least 4 members (excludes halogenated alkanes) is 1. The lowest BCUT2D eigenvalue weighted by Gasteiger charge is -2.24. The number of carboxylic acids is 3. The van der Waals surface area contributed by atoms with Crippen molar-refractivity contribution >= 4 is 41.5 Å². The van der Waals surface area contributed by atoms with Crippen LogP contribution in [0.3, 0.4) is 0 Å². The maximum Gasteiger partial charge on any atom is 0.326 e. The Balaban J connectivity index is 5.65. The Morgan fingerprint density at radius 2 is 1.03 bits per heavy atom. The van der Waals surface area contributed by atoms with Crippen molar-refractivity contribution in [3.8, 4) is 0 Å². The minimum Gasteiger partial charge on any atom is -0.481 e. The summed E-state index contributed by atoms with van der Waals surface area (Å²) in [6, 6.07) is -8.37. The number of rotatable bonds is 19. The summed E-state index contributed by atoms with van der Waals surface area (Å²) in [5.41, 5.74) is 10.6. The van der Waals surface area contributed by atoms with Gasteiger partial charge in [-0.05, 0) is 25.8 Å². The maximum absolute atomic E-state index is 12.7. The van der Waals surface area contributed by atoms with Crippen molar-refractivity contribution in [1.82, 2.24) is 21.3 Å². The third-order valence-electron chi connectivity index (χ3n) is 4.93. The molecule has 13 N–H and O–H groups in total. The second kappa shape index (κ2) is 17.6. The SMILES string of the molecule is NCCCC[C@H](NC(=O)[C@H](CC(=O)O)NC(=O)[C@H](CC(=O)O)NC(=O)[C@H](CO)NC(=O)[C@@H](N)CO)C(=O)O. The number of aliphatic hydroxyl groups is 2. The number of hydrogen-bond acceptors (Lipinski definition) is 11. The van der Waals surface area contributed by atoms with Crippen molar-refractivity contribution in [3.05, 3.63) is 0 Å². The number of aliphatic carboxylic acids is 3. The first-order chi connectivity index (χ1) is 17.8. The summed E-state index contributed by atoms with van der Waals surface area (Å²) in [6.07, 6.45) is -1.35. The van der Waals surface area contributed by atoms with Crippen molar-refractivity contribution in [2.75, 3.05) is 19.8 Å². The van der Waals surface area contributed by atoms with Crippen molar-refractivity contribution < 1.29 is 59.1 Å². The lowest BCUT2D eigenvalue weighted by Crippen LogP contribution is -2.59. The monoisotopic (exact) mass is 550 g/mol. The zero-order valence-electron chi connectivity index (χ0n) is 20.3. The molecule has 0 aliphatic rings. The van der Waals surface area contributed by atoms with Crippen LogP contribution >= 0.6 is 0 Å². The molecule has 0 fully saturated rings. The Bertz CT molecular complexity index is 869. The fourth-order valence-corrected chi connectivity index (χ4v) is 2.89. The summed E-state index contributed by atoms with van der Waals surface area (Å²) >= 11 is 0. The van der Waals surface area contributed by atoms with Crippen LogP contribution in [0, 0.1) is 0 Å². The highest BCUT2D eigenvalue weighted by Gasteiger charge is 2.33. The van der Waals surface area contributed by atoms with E-state index in [1.165, 1.54) is 0 Å². The topological polar surface area (TPSA) is 321 Å². The normalized spacial score (nSPS) is 14.6. The number of aliphatic hydroxyl groups excluding tert-OH is 2. The highest BCUT2D eigenvalue weighted by molar-refractivity contribution is 5.97. The molecule has 0 aromatic carbocycles. The average Bonchev–Trinajstić information content (AvgIpc) is 2.84. The fourth-order valence-electron chi connectivity index (χ4n) is 2.89. The van der Waals surface area contributed by atoms with E-state index < -0.39 is 97.8 Å². The van der Waals surface area contributed by atoms with Gasteiger partial charge in [-0.3, -0.25) is 28.8 Å². The van der Waals surface area contributed by atoms with Crippen molar-refractivity contribution in [2.24, 2.45) is 11.5 Å². The van der Waals surface area contributed by atoms with Crippen LogP contribution in [0.5, 0.6) is 0 Å². The Morgan fingerprint density at radius 3 is 1.39 bits per heavy atom. The van der Waals surface area contributed by atoms with Crippen molar-refractivity contribution in [1.29, 1.82) is 0 Å². The first-order valence-corrected chi connectivity index (χ1v) is 11.3. The molecule has 0 aromatic rings. The Kier molecular flexibility index (Phi) is 15.8. The van der Waals surface area contributed by atoms with Gasteiger partial charge in [0, 0.05) is 0 Å². The van der Waals surface area contributed by atoms with Gasteiger partial charge >= 0.3 is 17.9 Å². The number of carbonyl (C=O) groups excluding carboxylic acids is 4. The summed E-state index contributed by atoms with van der Waals surface area (Å²) in [5, 5.41) is 53.8. The van der Waals surface area contributed by atoms with Crippen LogP contribution in [0.15, 0.2) is 0 Å². The van der Waals surface area contributed by atoms with E-state index in [9.17, 15) is 43.8 Å². The van der Waals surface area contributed by atoms with Crippen LogP contribution in [0.1, 0.15) is 32.1 Å². The van der Waals surface area contributed by atoms with Crippen LogP contribution in [0.25, 0.3) is 0 Å². The van der Waals surface area contributed by atoms with E-state index in [-0.39, 0.29) is 13.0 Å². The molecule has 0 bridgehead atoms. The molecule has 0 unspecified atom stereocenters. The molecule has 0 aliphatic heterocycles. The second-order valence-electron chi connectivity index (χ2n) is 8.03. The summed E-state index contributed by atoms with van der Waals surface area (Å²) < 4.78 is 0. The number of amides is 4. The Morgan fingerprint density at radius 1 is 0.605 bits per heavy atom. The number of hydrogen-bond donors (Lipinski definition) is 11. The second-order valence-corrected chi connectivity index (χ2v) is 8.03. The molecular weight excluding hydrogens is 516 g/mol. The largest absolute Gasteiger partial charge is 0.481 e. The van der Waals surface area contributed by atoms with E-state index in [4.69, 9.17) is 26.8 Å². The molecule has 0 radical (unpaired) electrons. The quantitative estimate of drug-likeness (QED) is 0.0668. The van der Waals surface area contributed by atoms with Crippen LogP contribution in [-0.4, -0.2) is 117 Å². The van der Waals surface area contributed by atoms with Gasteiger partial charge in [-0.25, -0.2) is 4.79 Å². The summed E-state index contributed by atoms with van der Waals surface area (Å²) in [7, 11) is 0. The van der Waals surface area contributed by atoms with Gasteiger partial charge in [0.05, 0.1) is 26.1 Å². The molecule has 4 amide bonds. The number of carboxylic acid groups (broad SMARTS) is 3. The third kappa shape index (κ3) is 12.9. The molecule has 0 aliphatic carbocycles. The summed E-state index contributed by atoms with van der Waals surface area (Å²) in [4.78, 5) is 83.5. The van der Waals surface area contributed by atoms with Gasteiger partial charge in [-0.1, -0.05) is 0 Å². The van der Waals surface area contributed by atoms with E-state index in [1.807, 2.05) is 16.0 Å². The van der Waals surface area contributed by atoms with E-state index in [1.54, 1.807) is 0 Å². The molecule has 0 spiro atoms. The molecular formula is C20H34N6O12. The molecule has 0 rings (SSSR count). The van der Waals surface area contributed by atoms with Crippen molar-refractivity contribution in [2.45, 2.75) is 62.3 Å². The molecule has 216 valence electrons. The van der Waals surface area contributed by atoms with E-state index in [2.05, 4.69) is 5.32 Å². The van der Waals surface area contributed by atoms with Crippen LogP contribution in [0.4, 0.5) is 0 Å². The summed E-state index contributed by atoms with van der Waals surface area (Å²) in [6.45, 7) is -1.54. The predicted octanol–water partition coefficient (Wildman–Crippen LogP) is -5.60. The number of nitrogens with two attached hydrogens (primary N) is 2. The maximum atomic E-state index is 12.7. The van der Waals surface area contributed by atoms with Crippen LogP contribution in [0.2, 0.25) is 0 Å². The molecule has 18 heteroatoms. The molecule has 0 saturated heterocycles. The van der Waals surface area contributed by atoms with Gasteiger partial charge in [-0.2, -0.15) is 0 Å². The zero-order valence-corrected chi connectivity index (χ0v) is 20.3. The average molecular weight is 551 g/mol. The molecule has 0 aromatic heterocycles. The summed E-state index contributed by atoms with van der Waals surface area (Å²) in [5.74, 6) is -9.39. The molecule has 0 saturated carbocycles. The van der Waals surface area contributed by atoms with Gasteiger partial charge in [0.15, 0.2) is 0 Å². The van der Waals surface area contributed by atoms with Gasteiger partial charge in [-0.15, -0.1) is 0 Å².